The molecule has 0 saturated carbocycles. The molecule has 0 spiro atoms. The van der Waals surface area contributed by atoms with Gasteiger partial charge < -0.3 is 14.2 Å². The van der Waals surface area contributed by atoms with Gasteiger partial charge in [-0.2, -0.15) is 8.42 Å². The Morgan fingerprint density at radius 1 is 1.00 bits per heavy atom. The van der Waals surface area contributed by atoms with E-state index in [9.17, 15) is 8.42 Å². The third kappa shape index (κ3) is 6.14. The Morgan fingerprint density at radius 2 is 1.64 bits per heavy atom. The number of rotatable bonds is 8. The molecule has 0 aliphatic rings. The van der Waals surface area contributed by atoms with Crippen LogP contribution < -0.4 is 14.2 Å². The predicted octanol–water partition coefficient (Wildman–Crippen LogP) is 4.56. The van der Waals surface area contributed by atoms with Crippen molar-refractivity contribution in [1.29, 1.82) is 0 Å². The van der Waals surface area contributed by atoms with Gasteiger partial charge in [-0.25, -0.2) is 0 Å². The molecular formula is C21H24O6S. The smallest absolute Gasteiger partial charge is 0.269 e. The Bertz CT molecular complexity index is 990. The Morgan fingerprint density at radius 3 is 2.25 bits per heavy atom. The van der Waals surface area contributed by atoms with E-state index in [4.69, 9.17) is 18.8 Å². The van der Waals surface area contributed by atoms with E-state index in [1.54, 1.807) is 38.3 Å². The summed E-state index contributed by atoms with van der Waals surface area (Å²) >= 11 is 0. The van der Waals surface area contributed by atoms with Crippen LogP contribution in [0.4, 0.5) is 0 Å². The van der Waals surface area contributed by atoms with Crippen molar-refractivity contribution in [2.24, 2.45) is 0 Å². The van der Waals surface area contributed by atoms with Gasteiger partial charge in [0.1, 0.15) is 17.3 Å². The second-order valence-corrected chi connectivity index (χ2v) is 7.52. The Balaban J connectivity index is 2.29. The molecule has 0 radical (unpaired) electrons. The lowest BCUT2D eigenvalue weighted by atomic mass is 10.1. The summed E-state index contributed by atoms with van der Waals surface area (Å²) in [5.74, 6) is 1.61. The van der Waals surface area contributed by atoms with Crippen molar-refractivity contribution < 1.29 is 27.2 Å². The summed E-state index contributed by atoms with van der Waals surface area (Å²) in [5.41, 5.74) is 2.07. The van der Waals surface area contributed by atoms with E-state index in [1.807, 2.05) is 37.3 Å². The minimum Gasteiger partial charge on any atom is -0.496 e. The number of allylic oxidation sites excluding steroid dienone is 2. The third-order valence-corrected chi connectivity index (χ3v) is 4.51. The van der Waals surface area contributed by atoms with E-state index in [0.717, 1.165) is 5.56 Å². The first kappa shape index (κ1) is 21.5. The molecule has 28 heavy (non-hydrogen) atoms. The van der Waals surface area contributed by atoms with Crippen LogP contribution in [0.2, 0.25) is 0 Å². The van der Waals surface area contributed by atoms with Gasteiger partial charge >= 0.3 is 0 Å². The van der Waals surface area contributed by atoms with Gasteiger partial charge in [0.25, 0.3) is 10.1 Å². The van der Waals surface area contributed by atoms with Crippen molar-refractivity contribution in [2.75, 3.05) is 14.2 Å². The first-order valence-electron chi connectivity index (χ1n) is 8.54. The zero-order valence-corrected chi connectivity index (χ0v) is 17.1. The second-order valence-electron chi connectivity index (χ2n) is 6.06. The van der Waals surface area contributed by atoms with E-state index in [0.29, 0.717) is 34.1 Å². The fourth-order valence-corrected chi connectivity index (χ4v) is 3.32. The number of hydrogen-bond donors (Lipinski definition) is 1. The molecule has 0 atom stereocenters. The quantitative estimate of drug-likeness (QED) is 0.513. The van der Waals surface area contributed by atoms with Crippen molar-refractivity contribution in [3.05, 3.63) is 64.9 Å². The maximum absolute atomic E-state index is 11.2. The van der Waals surface area contributed by atoms with Crippen LogP contribution >= 0.6 is 0 Å². The minimum atomic E-state index is -4.18. The van der Waals surface area contributed by atoms with Crippen LogP contribution in [0.3, 0.4) is 0 Å². The molecule has 2 aromatic rings. The summed E-state index contributed by atoms with van der Waals surface area (Å²) in [4.78, 5) is 0. The predicted molar refractivity (Wildman–Crippen MR) is 110 cm³/mol. The van der Waals surface area contributed by atoms with Crippen LogP contribution in [0.1, 0.15) is 30.5 Å². The third-order valence-electron chi connectivity index (χ3n) is 3.83. The fraction of sp³-hybridized carbons (Fsp3) is 0.238. The summed E-state index contributed by atoms with van der Waals surface area (Å²) in [5, 5.41) is 0. The van der Waals surface area contributed by atoms with Crippen LogP contribution in [0.15, 0.2) is 48.2 Å². The van der Waals surface area contributed by atoms with Crippen molar-refractivity contribution in [3.8, 4) is 17.2 Å². The summed E-state index contributed by atoms with van der Waals surface area (Å²) < 4.78 is 48.0. The zero-order chi connectivity index (χ0) is 20.7. The van der Waals surface area contributed by atoms with E-state index in [2.05, 4.69) is 0 Å². The molecule has 0 aliphatic heterocycles. The topological polar surface area (TPSA) is 82.1 Å². The number of hydrogen-bond acceptors (Lipinski definition) is 5. The highest BCUT2D eigenvalue weighted by atomic mass is 32.2. The lowest BCUT2D eigenvalue weighted by Crippen LogP contribution is -2.04. The zero-order valence-electron chi connectivity index (χ0n) is 16.3. The molecule has 1 N–H and O–H groups in total. The molecule has 0 aliphatic carbocycles. The molecule has 0 bridgehead atoms. The summed E-state index contributed by atoms with van der Waals surface area (Å²) in [6.07, 6.45) is 5.66. The first-order valence-corrected chi connectivity index (χ1v) is 10.2. The SMILES string of the molecule is C/C=C/c1ccc(O/C(C)=C\c2ccc(OC)c(CS(=O)(=O)O)c2)c(OC)c1. The van der Waals surface area contributed by atoms with Gasteiger partial charge in [-0.15, -0.1) is 0 Å². The summed E-state index contributed by atoms with van der Waals surface area (Å²) in [7, 11) is -1.16. The normalized spacial score (nSPS) is 12.2. The van der Waals surface area contributed by atoms with Gasteiger partial charge in [-0.05, 0) is 55.3 Å². The van der Waals surface area contributed by atoms with E-state index in [-0.39, 0.29) is 0 Å². The van der Waals surface area contributed by atoms with Crippen LogP contribution in [0.25, 0.3) is 12.2 Å². The van der Waals surface area contributed by atoms with Crippen LogP contribution in [-0.2, 0) is 15.9 Å². The van der Waals surface area contributed by atoms with Crippen molar-refractivity contribution in [2.45, 2.75) is 19.6 Å². The molecule has 2 rings (SSSR count). The maximum Gasteiger partial charge on any atom is 0.269 e. The van der Waals surface area contributed by atoms with E-state index >= 15 is 0 Å². The Hall–Kier alpha value is -2.77. The van der Waals surface area contributed by atoms with Crippen LogP contribution in [0.5, 0.6) is 17.2 Å². The molecule has 150 valence electrons. The highest BCUT2D eigenvalue weighted by Crippen LogP contribution is 2.31. The largest absolute Gasteiger partial charge is 0.496 e. The molecule has 0 aromatic heterocycles. The van der Waals surface area contributed by atoms with E-state index < -0.39 is 15.9 Å². The fourth-order valence-electron chi connectivity index (χ4n) is 2.70. The monoisotopic (exact) mass is 404 g/mol. The van der Waals surface area contributed by atoms with Crippen molar-refractivity contribution in [1.82, 2.24) is 0 Å². The average Bonchev–Trinajstić information content (AvgIpc) is 2.62. The van der Waals surface area contributed by atoms with Crippen molar-refractivity contribution >= 4 is 22.3 Å². The molecule has 0 heterocycles. The molecule has 0 amide bonds. The minimum absolute atomic E-state index is 0.361. The van der Waals surface area contributed by atoms with E-state index in [1.165, 1.54) is 7.11 Å². The van der Waals surface area contributed by atoms with Gasteiger partial charge in [0.2, 0.25) is 0 Å². The molecule has 0 saturated heterocycles. The lowest BCUT2D eigenvalue weighted by molar-refractivity contribution is 0.363. The van der Waals surface area contributed by atoms with Crippen LogP contribution in [-0.4, -0.2) is 27.2 Å². The molecule has 7 heteroatoms. The molecule has 0 fully saturated rings. The lowest BCUT2D eigenvalue weighted by Gasteiger charge is -2.12. The van der Waals surface area contributed by atoms with Crippen LogP contribution in [0, 0.1) is 0 Å². The number of methoxy groups -OCH3 is 2. The second kappa shape index (κ2) is 9.43. The molecule has 2 aromatic carbocycles. The number of ether oxygens (including phenoxy) is 3. The highest BCUT2D eigenvalue weighted by molar-refractivity contribution is 7.85. The average molecular weight is 404 g/mol. The van der Waals surface area contributed by atoms with Gasteiger partial charge in [-0.3, -0.25) is 4.55 Å². The van der Waals surface area contributed by atoms with Crippen molar-refractivity contribution in [3.63, 3.8) is 0 Å². The first-order chi connectivity index (χ1) is 13.3. The van der Waals surface area contributed by atoms with Gasteiger partial charge in [0, 0.05) is 5.56 Å². The van der Waals surface area contributed by atoms with Gasteiger partial charge in [-0.1, -0.05) is 24.3 Å². The summed E-state index contributed by atoms with van der Waals surface area (Å²) in [6, 6.07) is 10.7. The van der Waals surface area contributed by atoms with Gasteiger partial charge in [0.05, 0.1) is 14.2 Å². The highest BCUT2D eigenvalue weighted by Gasteiger charge is 2.13. The Labute approximate surface area is 165 Å². The molecule has 0 unspecified atom stereocenters. The molecular weight excluding hydrogens is 380 g/mol. The maximum atomic E-state index is 11.2. The molecule has 6 nitrogen and oxygen atoms in total. The number of benzene rings is 2. The standard InChI is InChI=1S/C21H24O6S/c1-5-6-16-7-10-20(21(13-16)26-4)27-15(2)11-17-8-9-19(25-3)18(12-17)14-28(22,23)24/h5-13H,14H2,1-4H3,(H,22,23,24)/b6-5+,15-11-. The Kier molecular flexibility index (Phi) is 7.25. The van der Waals surface area contributed by atoms with Gasteiger partial charge in [0.15, 0.2) is 11.5 Å². The summed E-state index contributed by atoms with van der Waals surface area (Å²) in [6.45, 7) is 3.72.